The van der Waals surface area contributed by atoms with Crippen molar-refractivity contribution in [3.05, 3.63) is 67.1 Å². The molecule has 1 aromatic carbocycles. The molecule has 0 atom stereocenters. The lowest BCUT2D eigenvalue weighted by Crippen LogP contribution is -2.38. The number of fused-ring (bicyclic) bond motifs is 1. The monoisotopic (exact) mass is 385 g/mol. The van der Waals surface area contributed by atoms with E-state index in [1.54, 1.807) is 0 Å². The number of carbonyl (C=O) groups is 1. The maximum Gasteiger partial charge on any atom is 0.332 e. The molecular formula is C16H15N7O5. The zero-order chi connectivity index (χ0) is 20.4. The van der Waals surface area contributed by atoms with Gasteiger partial charge >= 0.3 is 5.69 Å². The summed E-state index contributed by atoms with van der Waals surface area (Å²) in [5.41, 5.74) is 2.04. The highest BCUT2D eigenvalue weighted by atomic mass is 16.6. The van der Waals surface area contributed by atoms with Crippen LogP contribution in [0.25, 0.3) is 11.2 Å². The Morgan fingerprint density at radius 3 is 2.57 bits per heavy atom. The molecule has 144 valence electrons. The standard InChI is InChI=1S/C16H15N7O5/c1-20-14-13(15(25)21(2)16(20)26)22(9-17-14)8-12(24)19-18-7-10-3-5-11(6-4-10)23(27)28/h3-7,9H,8H2,1-2H3,(H,19,24)/b18-7+. The van der Waals surface area contributed by atoms with Gasteiger partial charge in [-0.05, 0) is 17.7 Å². The van der Waals surface area contributed by atoms with Gasteiger partial charge in [0.1, 0.15) is 6.54 Å². The third-order valence-electron chi connectivity index (χ3n) is 4.04. The van der Waals surface area contributed by atoms with Crippen LogP contribution in [-0.2, 0) is 25.4 Å². The Morgan fingerprint density at radius 1 is 1.25 bits per heavy atom. The van der Waals surface area contributed by atoms with E-state index in [0.29, 0.717) is 5.56 Å². The third-order valence-corrected chi connectivity index (χ3v) is 4.04. The number of hydrazone groups is 1. The van der Waals surface area contributed by atoms with Gasteiger partial charge in [0.05, 0.1) is 17.5 Å². The molecule has 0 aliphatic carbocycles. The molecule has 3 rings (SSSR count). The maximum atomic E-state index is 12.3. The summed E-state index contributed by atoms with van der Waals surface area (Å²) in [6.07, 6.45) is 2.63. The summed E-state index contributed by atoms with van der Waals surface area (Å²) in [6, 6.07) is 5.62. The van der Waals surface area contributed by atoms with E-state index in [2.05, 4.69) is 15.5 Å². The van der Waals surface area contributed by atoms with Gasteiger partial charge in [0.2, 0.25) is 0 Å². The molecular weight excluding hydrogens is 370 g/mol. The Labute approximate surface area is 156 Å². The highest BCUT2D eigenvalue weighted by molar-refractivity contribution is 5.83. The smallest absolute Gasteiger partial charge is 0.315 e. The molecule has 0 unspecified atom stereocenters. The molecule has 0 aliphatic rings. The normalized spacial score (nSPS) is 11.2. The number of nitrogens with zero attached hydrogens (tertiary/aromatic N) is 6. The lowest BCUT2D eigenvalue weighted by Gasteiger charge is -2.05. The van der Waals surface area contributed by atoms with Crippen LogP contribution >= 0.6 is 0 Å². The fraction of sp³-hybridized carbons (Fsp3) is 0.188. The number of benzene rings is 1. The number of carbonyl (C=O) groups excluding carboxylic acids is 1. The minimum atomic E-state index is -0.558. The Hall–Kier alpha value is -4.09. The van der Waals surface area contributed by atoms with Crippen LogP contribution in [0.4, 0.5) is 5.69 Å². The first-order chi connectivity index (χ1) is 13.3. The lowest BCUT2D eigenvalue weighted by atomic mass is 10.2. The number of amides is 1. The van der Waals surface area contributed by atoms with Crippen LogP contribution < -0.4 is 16.7 Å². The van der Waals surface area contributed by atoms with Crippen LogP contribution in [0.3, 0.4) is 0 Å². The molecule has 12 heteroatoms. The summed E-state index contributed by atoms with van der Waals surface area (Å²) in [5.74, 6) is -0.520. The zero-order valence-electron chi connectivity index (χ0n) is 14.9. The number of hydrogen-bond acceptors (Lipinski definition) is 7. The SMILES string of the molecule is Cn1c(=O)c2c(ncn2CC(=O)N/N=C/c2ccc([N+](=O)[O-])cc2)n(C)c1=O. The summed E-state index contributed by atoms with van der Waals surface area (Å²) in [7, 11) is 2.83. The van der Waals surface area contributed by atoms with Crippen molar-refractivity contribution in [2.75, 3.05) is 0 Å². The van der Waals surface area contributed by atoms with Crippen molar-refractivity contribution in [1.82, 2.24) is 24.1 Å². The Bertz CT molecular complexity index is 1220. The van der Waals surface area contributed by atoms with Gasteiger partial charge in [-0.15, -0.1) is 0 Å². The number of nitrogens with one attached hydrogen (secondary N) is 1. The molecule has 0 saturated heterocycles. The van der Waals surface area contributed by atoms with Gasteiger partial charge in [-0.1, -0.05) is 0 Å². The molecule has 0 bridgehead atoms. The molecule has 2 heterocycles. The van der Waals surface area contributed by atoms with Crippen molar-refractivity contribution in [2.24, 2.45) is 19.2 Å². The number of aryl methyl sites for hydroxylation is 1. The number of aromatic nitrogens is 4. The predicted molar refractivity (Wildman–Crippen MR) is 99.0 cm³/mol. The van der Waals surface area contributed by atoms with E-state index in [4.69, 9.17) is 0 Å². The van der Waals surface area contributed by atoms with Crippen molar-refractivity contribution >= 4 is 29.0 Å². The van der Waals surface area contributed by atoms with E-state index >= 15 is 0 Å². The Morgan fingerprint density at radius 2 is 1.93 bits per heavy atom. The first-order valence-corrected chi connectivity index (χ1v) is 7.97. The first kappa shape index (κ1) is 18.7. The summed E-state index contributed by atoms with van der Waals surface area (Å²) < 4.78 is 3.48. The van der Waals surface area contributed by atoms with Gasteiger partial charge in [-0.25, -0.2) is 15.2 Å². The van der Waals surface area contributed by atoms with Crippen molar-refractivity contribution in [2.45, 2.75) is 6.54 Å². The van der Waals surface area contributed by atoms with Gasteiger partial charge in [0.15, 0.2) is 11.2 Å². The fourth-order valence-electron chi connectivity index (χ4n) is 2.57. The zero-order valence-corrected chi connectivity index (χ0v) is 14.9. The predicted octanol–water partition coefficient (Wildman–Crippen LogP) is -0.508. The summed E-state index contributed by atoms with van der Waals surface area (Å²) >= 11 is 0. The third kappa shape index (κ3) is 3.42. The summed E-state index contributed by atoms with van der Waals surface area (Å²) in [5, 5.41) is 14.4. The van der Waals surface area contributed by atoms with Crippen molar-refractivity contribution in [3.8, 4) is 0 Å². The Balaban J connectivity index is 1.74. The van der Waals surface area contributed by atoms with E-state index in [9.17, 15) is 24.5 Å². The van der Waals surface area contributed by atoms with Crippen LogP contribution in [0.1, 0.15) is 5.56 Å². The average molecular weight is 385 g/mol. The number of rotatable bonds is 5. The van der Waals surface area contributed by atoms with E-state index < -0.39 is 22.1 Å². The second kappa shape index (κ2) is 7.26. The second-order valence-electron chi connectivity index (χ2n) is 5.89. The van der Waals surface area contributed by atoms with Crippen LogP contribution in [0.2, 0.25) is 0 Å². The topological polar surface area (TPSA) is 146 Å². The Kier molecular flexibility index (Phi) is 4.85. The lowest BCUT2D eigenvalue weighted by molar-refractivity contribution is -0.384. The van der Waals surface area contributed by atoms with E-state index in [0.717, 1.165) is 4.57 Å². The van der Waals surface area contributed by atoms with Gasteiger partial charge in [0, 0.05) is 26.2 Å². The van der Waals surface area contributed by atoms with Crippen LogP contribution in [0.15, 0.2) is 45.3 Å². The largest absolute Gasteiger partial charge is 0.332 e. The number of non-ortho nitro benzene ring substituents is 1. The van der Waals surface area contributed by atoms with Gasteiger partial charge < -0.3 is 4.57 Å². The maximum absolute atomic E-state index is 12.3. The number of nitro groups is 1. The van der Waals surface area contributed by atoms with Crippen molar-refractivity contribution in [3.63, 3.8) is 0 Å². The molecule has 3 aromatic rings. The molecule has 1 N–H and O–H groups in total. The molecule has 0 spiro atoms. The van der Waals surface area contributed by atoms with Crippen molar-refractivity contribution in [1.29, 1.82) is 0 Å². The number of nitro benzene ring substituents is 1. The molecule has 0 fully saturated rings. The second-order valence-corrected chi connectivity index (χ2v) is 5.89. The summed E-state index contributed by atoms with van der Waals surface area (Å²) in [4.78, 5) is 50.4. The van der Waals surface area contributed by atoms with Gasteiger partial charge in [-0.2, -0.15) is 5.10 Å². The molecule has 2 aromatic heterocycles. The van der Waals surface area contributed by atoms with Crippen LogP contribution in [0.5, 0.6) is 0 Å². The fourth-order valence-corrected chi connectivity index (χ4v) is 2.57. The van der Waals surface area contributed by atoms with Crippen molar-refractivity contribution < 1.29 is 9.72 Å². The van der Waals surface area contributed by atoms with E-state index in [-0.39, 0.29) is 23.4 Å². The molecule has 12 nitrogen and oxygen atoms in total. The van der Waals surface area contributed by atoms with Crippen LogP contribution in [0, 0.1) is 10.1 Å². The minimum absolute atomic E-state index is 0.0517. The molecule has 1 amide bonds. The average Bonchev–Trinajstić information content (AvgIpc) is 3.08. The highest BCUT2D eigenvalue weighted by Crippen LogP contribution is 2.10. The molecule has 0 radical (unpaired) electrons. The molecule has 28 heavy (non-hydrogen) atoms. The minimum Gasteiger partial charge on any atom is -0.315 e. The molecule has 0 saturated carbocycles. The van der Waals surface area contributed by atoms with Crippen LogP contribution in [-0.4, -0.2) is 35.7 Å². The molecule has 0 aliphatic heterocycles. The van der Waals surface area contributed by atoms with Gasteiger partial charge in [0.25, 0.3) is 17.2 Å². The number of imidazole rings is 1. The summed E-state index contributed by atoms with van der Waals surface area (Å²) in [6.45, 7) is -0.235. The van der Waals surface area contributed by atoms with E-state index in [1.165, 1.54) is 60.0 Å². The van der Waals surface area contributed by atoms with Gasteiger partial charge in [-0.3, -0.25) is 28.8 Å². The first-order valence-electron chi connectivity index (χ1n) is 7.97. The highest BCUT2D eigenvalue weighted by Gasteiger charge is 2.15. The van der Waals surface area contributed by atoms with E-state index in [1.807, 2.05) is 0 Å². The quantitative estimate of drug-likeness (QED) is 0.356. The number of hydrogen-bond donors (Lipinski definition) is 1.